The molecule has 0 radical (unpaired) electrons. The molecule has 0 amide bonds. The van der Waals surface area contributed by atoms with Crippen molar-refractivity contribution in [1.82, 2.24) is 19.5 Å². The van der Waals surface area contributed by atoms with E-state index in [1.807, 2.05) is 0 Å². The first kappa shape index (κ1) is 20.3. The maximum atomic E-state index is 11.7. The Morgan fingerprint density at radius 3 is 2.85 bits per heavy atom. The molecule has 146 valence electrons. The lowest BCUT2D eigenvalue weighted by atomic mass is 10.1. The van der Waals surface area contributed by atoms with Gasteiger partial charge in [0.25, 0.3) is 5.56 Å². The topological polar surface area (TPSA) is 128 Å². The van der Waals surface area contributed by atoms with E-state index in [1.165, 1.54) is 32.0 Å². The Bertz CT molecular complexity index is 715. The number of nitrogen functional groups attached to an aromatic ring is 1. The molecule has 2 rings (SSSR count). The van der Waals surface area contributed by atoms with Crippen LogP contribution in [0.2, 0.25) is 0 Å². The molecule has 0 saturated heterocycles. The largest absolute Gasteiger partial charge is 0.394 e. The summed E-state index contributed by atoms with van der Waals surface area (Å²) in [6, 6.07) is 0. The van der Waals surface area contributed by atoms with Crippen LogP contribution >= 0.6 is 0 Å². The Morgan fingerprint density at radius 2 is 2.08 bits per heavy atom. The number of aliphatic hydroxyl groups is 1. The molecule has 1 atom stereocenters. The predicted molar refractivity (Wildman–Crippen MR) is 98.7 cm³/mol. The number of ether oxygens (including phenoxy) is 2. The predicted octanol–water partition coefficient (Wildman–Crippen LogP) is 1.41. The number of nitrogens with two attached hydrogens (primary N) is 1. The molecule has 9 nitrogen and oxygen atoms in total. The minimum absolute atomic E-state index is 0.0187. The minimum atomic E-state index is -0.452. The van der Waals surface area contributed by atoms with E-state index < -0.39 is 11.7 Å². The molecule has 0 aliphatic heterocycles. The lowest BCUT2D eigenvalue weighted by Crippen LogP contribution is -2.25. The molecule has 2 aromatic heterocycles. The molecule has 0 bridgehead atoms. The lowest BCUT2D eigenvalue weighted by Gasteiger charge is -2.16. The van der Waals surface area contributed by atoms with Crippen LogP contribution in [0.1, 0.15) is 45.4 Å². The SMILES string of the molecule is CCCCCCCCOCC(CO)OCn1cnc2c(=O)[nH]c(N)nc21. The molecular weight excluding hydrogens is 338 g/mol. The van der Waals surface area contributed by atoms with Crippen molar-refractivity contribution in [3.8, 4) is 0 Å². The van der Waals surface area contributed by atoms with Gasteiger partial charge in [0.2, 0.25) is 5.95 Å². The Labute approximate surface area is 152 Å². The maximum Gasteiger partial charge on any atom is 0.280 e. The van der Waals surface area contributed by atoms with Crippen molar-refractivity contribution in [2.45, 2.75) is 58.3 Å². The van der Waals surface area contributed by atoms with Gasteiger partial charge in [-0.15, -0.1) is 0 Å². The Hall–Kier alpha value is -1.97. The first-order valence-corrected chi connectivity index (χ1v) is 9.16. The first-order valence-electron chi connectivity index (χ1n) is 9.16. The van der Waals surface area contributed by atoms with E-state index in [0.717, 1.165) is 12.8 Å². The first-order chi connectivity index (χ1) is 12.7. The lowest BCUT2D eigenvalue weighted by molar-refractivity contribution is -0.0668. The summed E-state index contributed by atoms with van der Waals surface area (Å²) in [5, 5.41) is 9.44. The Balaban J connectivity index is 1.73. The van der Waals surface area contributed by atoms with Crippen molar-refractivity contribution in [2.75, 3.05) is 25.6 Å². The quantitative estimate of drug-likeness (QED) is 0.457. The van der Waals surface area contributed by atoms with Crippen molar-refractivity contribution in [2.24, 2.45) is 0 Å². The number of hydrogen-bond donors (Lipinski definition) is 3. The standard InChI is InChI=1S/C17H29N5O4/c1-2-3-4-5-6-7-8-25-10-13(9-23)26-12-22-11-19-14-15(22)20-17(18)21-16(14)24/h11,13,23H,2-10,12H2,1H3,(H3,18,20,21,24). The molecule has 4 N–H and O–H groups in total. The van der Waals surface area contributed by atoms with E-state index >= 15 is 0 Å². The molecule has 0 spiro atoms. The summed E-state index contributed by atoms with van der Waals surface area (Å²) < 4.78 is 12.8. The summed E-state index contributed by atoms with van der Waals surface area (Å²) in [6.07, 6.45) is 8.22. The molecule has 0 fully saturated rings. The van der Waals surface area contributed by atoms with Gasteiger partial charge in [-0.25, -0.2) is 4.98 Å². The number of imidazole rings is 1. The van der Waals surface area contributed by atoms with Crippen LogP contribution in [-0.2, 0) is 16.2 Å². The summed E-state index contributed by atoms with van der Waals surface area (Å²) in [5.74, 6) is 0.0187. The van der Waals surface area contributed by atoms with Gasteiger partial charge < -0.3 is 20.3 Å². The highest BCUT2D eigenvalue weighted by molar-refractivity contribution is 5.70. The van der Waals surface area contributed by atoms with Crippen LogP contribution in [0.25, 0.3) is 11.2 Å². The van der Waals surface area contributed by atoms with Gasteiger partial charge in [0, 0.05) is 6.61 Å². The number of hydrogen-bond acceptors (Lipinski definition) is 7. The fraction of sp³-hybridized carbons (Fsp3) is 0.706. The average Bonchev–Trinajstić information content (AvgIpc) is 3.03. The van der Waals surface area contributed by atoms with Crippen LogP contribution in [0.4, 0.5) is 5.95 Å². The summed E-state index contributed by atoms with van der Waals surface area (Å²) >= 11 is 0. The number of aliphatic hydroxyl groups excluding tert-OH is 1. The van der Waals surface area contributed by atoms with Gasteiger partial charge in [0.1, 0.15) is 12.8 Å². The van der Waals surface area contributed by atoms with E-state index in [1.54, 1.807) is 4.57 Å². The van der Waals surface area contributed by atoms with Gasteiger partial charge in [-0.3, -0.25) is 14.3 Å². The van der Waals surface area contributed by atoms with E-state index in [9.17, 15) is 9.90 Å². The van der Waals surface area contributed by atoms with Crippen LogP contribution in [0.15, 0.2) is 11.1 Å². The highest BCUT2D eigenvalue weighted by atomic mass is 16.5. The van der Waals surface area contributed by atoms with Crippen molar-refractivity contribution >= 4 is 17.1 Å². The number of aromatic nitrogens is 4. The average molecular weight is 367 g/mol. The minimum Gasteiger partial charge on any atom is -0.394 e. The van der Waals surface area contributed by atoms with Gasteiger partial charge in [-0.05, 0) is 6.42 Å². The van der Waals surface area contributed by atoms with Crippen LogP contribution in [0, 0.1) is 0 Å². The van der Waals surface area contributed by atoms with E-state index in [0.29, 0.717) is 18.9 Å². The molecule has 0 aliphatic carbocycles. The highest BCUT2D eigenvalue weighted by Crippen LogP contribution is 2.08. The molecule has 0 aromatic carbocycles. The molecule has 0 saturated carbocycles. The molecule has 9 heteroatoms. The summed E-state index contributed by atoms with van der Waals surface area (Å²) in [5.41, 5.74) is 5.70. The molecule has 2 aromatic rings. The second-order valence-corrected chi connectivity index (χ2v) is 6.28. The van der Waals surface area contributed by atoms with Crippen molar-refractivity contribution < 1.29 is 14.6 Å². The molecule has 26 heavy (non-hydrogen) atoms. The van der Waals surface area contributed by atoms with Crippen LogP contribution < -0.4 is 11.3 Å². The second-order valence-electron chi connectivity index (χ2n) is 6.28. The van der Waals surface area contributed by atoms with E-state index in [-0.39, 0.29) is 24.8 Å². The number of nitrogens with one attached hydrogen (secondary N) is 1. The van der Waals surface area contributed by atoms with Crippen LogP contribution in [-0.4, -0.2) is 50.6 Å². The van der Waals surface area contributed by atoms with Gasteiger partial charge in [-0.1, -0.05) is 39.0 Å². The zero-order valence-corrected chi connectivity index (χ0v) is 15.3. The Morgan fingerprint density at radius 1 is 1.31 bits per heavy atom. The number of nitrogens with zero attached hydrogens (tertiary/aromatic N) is 3. The van der Waals surface area contributed by atoms with E-state index in [4.69, 9.17) is 15.2 Å². The van der Waals surface area contributed by atoms with Crippen LogP contribution in [0.3, 0.4) is 0 Å². The maximum absolute atomic E-state index is 11.7. The van der Waals surface area contributed by atoms with Crippen molar-refractivity contribution in [1.29, 1.82) is 0 Å². The number of unbranched alkanes of at least 4 members (excludes halogenated alkanes) is 5. The van der Waals surface area contributed by atoms with Gasteiger partial charge in [0.05, 0.1) is 19.5 Å². The zero-order valence-electron chi connectivity index (χ0n) is 15.3. The molecular formula is C17H29N5O4. The summed E-state index contributed by atoms with van der Waals surface area (Å²) in [4.78, 5) is 22.2. The molecule has 0 aliphatic rings. The van der Waals surface area contributed by atoms with Crippen molar-refractivity contribution in [3.63, 3.8) is 0 Å². The second kappa shape index (κ2) is 10.9. The fourth-order valence-corrected chi connectivity index (χ4v) is 2.60. The third-order valence-electron chi connectivity index (χ3n) is 4.09. The van der Waals surface area contributed by atoms with Crippen molar-refractivity contribution in [3.05, 3.63) is 16.7 Å². The third kappa shape index (κ3) is 6.08. The van der Waals surface area contributed by atoms with E-state index in [2.05, 4.69) is 21.9 Å². The van der Waals surface area contributed by atoms with Crippen LogP contribution in [0.5, 0.6) is 0 Å². The Kier molecular flexibility index (Phi) is 8.52. The highest BCUT2D eigenvalue weighted by Gasteiger charge is 2.12. The monoisotopic (exact) mass is 367 g/mol. The summed E-state index contributed by atoms with van der Waals surface area (Å²) in [7, 11) is 0. The zero-order chi connectivity index (χ0) is 18.8. The fourth-order valence-electron chi connectivity index (χ4n) is 2.60. The normalized spacial score (nSPS) is 12.7. The molecule has 1 unspecified atom stereocenters. The molecule has 2 heterocycles. The van der Waals surface area contributed by atoms with Gasteiger partial charge >= 0.3 is 0 Å². The smallest absolute Gasteiger partial charge is 0.280 e. The summed E-state index contributed by atoms with van der Waals surface area (Å²) in [6.45, 7) is 3.12. The third-order valence-corrected chi connectivity index (χ3v) is 4.09. The number of anilines is 1. The van der Waals surface area contributed by atoms with Gasteiger partial charge in [-0.2, -0.15) is 4.98 Å². The number of H-pyrrole nitrogens is 1. The number of aromatic amines is 1. The van der Waals surface area contributed by atoms with Gasteiger partial charge in [0.15, 0.2) is 11.2 Å². The number of fused-ring (bicyclic) bond motifs is 1. The number of rotatable bonds is 13.